The average Bonchev–Trinajstić information content (AvgIpc) is 2.72. The Kier molecular flexibility index (Phi) is 2.98. The number of furan rings is 1. The van der Waals surface area contributed by atoms with Crippen molar-refractivity contribution in [2.24, 2.45) is 0 Å². The number of benzene rings is 1. The van der Waals surface area contributed by atoms with Crippen LogP contribution in [0.3, 0.4) is 0 Å². The van der Waals surface area contributed by atoms with Crippen molar-refractivity contribution in [3.8, 4) is 12.3 Å². The highest BCUT2D eigenvalue weighted by molar-refractivity contribution is 5.77. The third kappa shape index (κ3) is 2.10. The van der Waals surface area contributed by atoms with Crippen LogP contribution in [0.4, 0.5) is 0 Å². The van der Waals surface area contributed by atoms with Crippen molar-refractivity contribution in [3.63, 3.8) is 0 Å². The molecule has 0 aliphatic heterocycles. The van der Waals surface area contributed by atoms with Crippen LogP contribution in [0.5, 0.6) is 0 Å². The van der Waals surface area contributed by atoms with Crippen LogP contribution in [0, 0.1) is 12.3 Å². The molecule has 2 heteroatoms. The van der Waals surface area contributed by atoms with Gasteiger partial charge in [0.15, 0.2) is 0 Å². The predicted octanol–water partition coefficient (Wildman–Crippen LogP) is 3.11. The summed E-state index contributed by atoms with van der Waals surface area (Å²) in [7, 11) is 0. The predicted molar refractivity (Wildman–Crippen MR) is 66.1 cm³/mol. The second kappa shape index (κ2) is 4.42. The quantitative estimate of drug-likeness (QED) is 0.792. The molecular formula is C14H15NO. The van der Waals surface area contributed by atoms with E-state index in [1.54, 1.807) is 0 Å². The second-order valence-electron chi connectivity index (χ2n) is 3.96. The maximum atomic E-state index is 5.74. The number of hydrogen-bond donors (Lipinski definition) is 1. The van der Waals surface area contributed by atoms with Crippen LogP contribution >= 0.6 is 0 Å². The molecule has 2 aromatic rings. The van der Waals surface area contributed by atoms with E-state index in [1.165, 1.54) is 0 Å². The standard InChI is InChI=1S/C14H15NO/c1-4-10(2)15-11(3)14-9-12-7-5-6-8-13(12)16-14/h1,5-11,15H,2-3H3. The summed E-state index contributed by atoms with van der Waals surface area (Å²) in [5, 5.41) is 4.40. The molecule has 0 fully saturated rings. The van der Waals surface area contributed by atoms with Crippen LogP contribution in [0.2, 0.25) is 0 Å². The van der Waals surface area contributed by atoms with Crippen LogP contribution in [0.15, 0.2) is 34.7 Å². The van der Waals surface area contributed by atoms with Crippen molar-refractivity contribution in [2.45, 2.75) is 25.9 Å². The van der Waals surface area contributed by atoms with Gasteiger partial charge in [-0.25, -0.2) is 0 Å². The number of hydrogen-bond acceptors (Lipinski definition) is 2. The van der Waals surface area contributed by atoms with Gasteiger partial charge in [0.05, 0.1) is 12.1 Å². The lowest BCUT2D eigenvalue weighted by molar-refractivity contribution is 0.440. The zero-order valence-electron chi connectivity index (χ0n) is 9.53. The van der Waals surface area contributed by atoms with Gasteiger partial charge < -0.3 is 4.42 Å². The van der Waals surface area contributed by atoms with Gasteiger partial charge >= 0.3 is 0 Å². The van der Waals surface area contributed by atoms with Crippen molar-refractivity contribution in [1.29, 1.82) is 0 Å². The molecular weight excluding hydrogens is 198 g/mol. The maximum Gasteiger partial charge on any atom is 0.134 e. The molecule has 1 heterocycles. The fourth-order valence-electron chi connectivity index (χ4n) is 1.72. The molecule has 2 atom stereocenters. The summed E-state index contributed by atoms with van der Waals surface area (Å²) in [6.45, 7) is 4.00. The van der Waals surface area contributed by atoms with Gasteiger partial charge in [0.2, 0.25) is 0 Å². The van der Waals surface area contributed by atoms with Crippen molar-refractivity contribution in [1.82, 2.24) is 5.32 Å². The van der Waals surface area contributed by atoms with Gasteiger partial charge in [-0.1, -0.05) is 24.1 Å². The molecule has 0 amide bonds. The lowest BCUT2D eigenvalue weighted by atomic mass is 10.2. The van der Waals surface area contributed by atoms with Crippen LogP contribution < -0.4 is 5.32 Å². The van der Waals surface area contributed by atoms with E-state index in [-0.39, 0.29) is 12.1 Å². The Hall–Kier alpha value is -1.72. The Balaban J connectivity index is 2.23. The van der Waals surface area contributed by atoms with Crippen LogP contribution in [0.25, 0.3) is 11.0 Å². The van der Waals surface area contributed by atoms with E-state index >= 15 is 0 Å². The van der Waals surface area contributed by atoms with Crippen LogP contribution in [-0.4, -0.2) is 6.04 Å². The molecule has 1 N–H and O–H groups in total. The summed E-state index contributed by atoms with van der Waals surface area (Å²) in [4.78, 5) is 0. The molecule has 1 aromatic carbocycles. The first-order valence-corrected chi connectivity index (χ1v) is 5.41. The highest BCUT2D eigenvalue weighted by Gasteiger charge is 2.12. The van der Waals surface area contributed by atoms with E-state index in [9.17, 15) is 0 Å². The van der Waals surface area contributed by atoms with Crippen molar-refractivity contribution in [2.75, 3.05) is 0 Å². The second-order valence-corrected chi connectivity index (χ2v) is 3.96. The van der Waals surface area contributed by atoms with Crippen LogP contribution in [-0.2, 0) is 0 Å². The molecule has 82 valence electrons. The Morgan fingerprint density at radius 2 is 2.06 bits per heavy atom. The van der Waals surface area contributed by atoms with Gasteiger partial charge in [-0.15, -0.1) is 6.42 Å². The van der Waals surface area contributed by atoms with E-state index in [2.05, 4.69) is 17.3 Å². The summed E-state index contributed by atoms with van der Waals surface area (Å²) in [6, 6.07) is 10.2. The van der Waals surface area contributed by atoms with E-state index < -0.39 is 0 Å². The first-order valence-electron chi connectivity index (χ1n) is 5.41. The third-order valence-electron chi connectivity index (χ3n) is 2.62. The number of nitrogens with one attached hydrogen (secondary N) is 1. The smallest absolute Gasteiger partial charge is 0.134 e. The molecule has 0 aliphatic carbocycles. The zero-order valence-corrected chi connectivity index (χ0v) is 9.53. The summed E-state index contributed by atoms with van der Waals surface area (Å²) in [6.07, 6.45) is 5.33. The fraction of sp³-hybridized carbons (Fsp3) is 0.286. The minimum atomic E-state index is 0.0446. The van der Waals surface area contributed by atoms with Gasteiger partial charge in [-0.05, 0) is 26.0 Å². The largest absolute Gasteiger partial charge is 0.459 e. The zero-order chi connectivity index (χ0) is 11.5. The van der Waals surface area contributed by atoms with Crippen molar-refractivity contribution < 1.29 is 4.42 Å². The molecule has 2 unspecified atom stereocenters. The molecule has 2 rings (SSSR count). The van der Waals surface area contributed by atoms with Gasteiger partial charge in [0.1, 0.15) is 11.3 Å². The summed E-state index contributed by atoms with van der Waals surface area (Å²) < 4.78 is 5.74. The number of rotatable bonds is 3. The Morgan fingerprint density at radius 1 is 1.31 bits per heavy atom. The molecule has 2 nitrogen and oxygen atoms in total. The first kappa shape index (κ1) is 10.8. The van der Waals surface area contributed by atoms with E-state index in [0.29, 0.717) is 0 Å². The molecule has 0 spiro atoms. The molecule has 0 radical (unpaired) electrons. The van der Waals surface area contributed by atoms with Gasteiger partial charge in [0.25, 0.3) is 0 Å². The highest BCUT2D eigenvalue weighted by Crippen LogP contribution is 2.23. The molecule has 16 heavy (non-hydrogen) atoms. The number of terminal acetylenes is 1. The van der Waals surface area contributed by atoms with Gasteiger partial charge in [-0.2, -0.15) is 0 Å². The molecule has 0 bridgehead atoms. The van der Waals surface area contributed by atoms with Gasteiger partial charge in [-0.3, -0.25) is 5.32 Å². The van der Waals surface area contributed by atoms with Crippen LogP contribution in [0.1, 0.15) is 25.6 Å². The van der Waals surface area contributed by atoms with Crippen molar-refractivity contribution in [3.05, 3.63) is 36.1 Å². The van der Waals surface area contributed by atoms with E-state index in [1.807, 2.05) is 38.1 Å². The maximum absolute atomic E-state index is 5.74. The Morgan fingerprint density at radius 3 is 2.75 bits per heavy atom. The summed E-state index contributed by atoms with van der Waals surface area (Å²) in [5.41, 5.74) is 0.916. The number of fused-ring (bicyclic) bond motifs is 1. The average molecular weight is 213 g/mol. The summed E-state index contributed by atoms with van der Waals surface area (Å²) in [5.74, 6) is 3.57. The van der Waals surface area contributed by atoms with E-state index in [4.69, 9.17) is 10.8 Å². The fourth-order valence-corrected chi connectivity index (χ4v) is 1.72. The summed E-state index contributed by atoms with van der Waals surface area (Å²) >= 11 is 0. The third-order valence-corrected chi connectivity index (χ3v) is 2.62. The monoisotopic (exact) mass is 213 g/mol. The van der Waals surface area contributed by atoms with Gasteiger partial charge in [0, 0.05) is 5.39 Å². The number of para-hydroxylation sites is 1. The lowest BCUT2D eigenvalue weighted by Gasteiger charge is -2.13. The van der Waals surface area contributed by atoms with Crippen molar-refractivity contribution >= 4 is 11.0 Å². The molecule has 0 saturated carbocycles. The topological polar surface area (TPSA) is 25.2 Å². The molecule has 0 saturated heterocycles. The first-order chi connectivity index (χ1) is 7.70. The minimum absolute atomic E-state index is 0.0446. The lowest BCUT2D eigenvalue weighted by Crippen LogP contribution is -2.27. The Labute approximate surface area is 95.6 Å². The SMILES string of the molecule is C#CC(C)NC(C)c1cc2ccccc2o1. The minimum Gasteiger partial charge on any atom is -0.459 e. The normalized spacial score (nSPS) is 14.6. The Bertz CT molecular complexity index is 488. The molecule has 1 aromatic heterocycles. The highest BCUT2D eigenvalue weighted by atomic mass is 16.3. The van der Waals surface area contributed by atoms with E-state index in [0.717, 1.165) is 16.7 Å². The molecule has 0 aliphatic rings.